The van der Waals surface area contributed by atoms with E-state index in [0.29, 0.717) is 12.5 Å². The Balaban J connectivity index is 3.37. The molecular formula is C12H13F4NO. The second kappa shape index (κ2) is 4.35. The second-order valence-corrected chi connectivity index (χ2v) is 4.47. The molecule has 18 heavy (non-hydrogen) atoms. The van der Waals surface area contributed by atoms with Crippen molar-refractivity contribution in [2.24, 2.45) is 5.73 Å². The van der Waals surface area contributed by atoms with Crippen molar-refractivity contribution < 1.29 is 22.4 Å². The lowest BCUT2D eigenvalue weighted by Crippen LogP contribution is -2.57. The van der Waals surface area contributed by atoms with Gasteiger partial charge in [0.1, 0.15) is 5.82 Å². The van der Waals surface area contributed by atoms with E-state index in [1.54, 1.807) is 6.92 Å². The molecular weight excluding hydrogens is 250 g/mol. The second-order valence-electron chi connectivity index (χ2n) is 4.47. The van der Waals surface area contributed by atoms with Gasteiger partial charge in [-0.2, -0.15) is 13.2 Å². The molecule has 100 valence electrons. The lowest BCUT2D eigenvalue weighted by Gasteiger charge is -2.26. The number of nitrogens with two attached hydrogens (primary N) is 1. The highest BCUT2D eigenvalue weighted by molar-refractivity contribution is 6.04. The van der Waals surface area contributed by atoms with Crippen LogP contribution < -0.4 is 5.73 Å². The smallest absolute Gasteiger partial charge is 0.311 e. The Kier molecular flexibility index (Phi) is 3.53. The van der Waals surface area contributed by atoms with Gasteiger partial charge in [-0.05, 0) is 38.0 Å². The lowest BCUT2D eigenvalue weighted by molar-refractivity contribution is -0.165. The van der Waals surface area contributed by atoms with E-state index in [2.05, 4.69) is 0 Å². The maximum atomic E-state index is 13.6. The van der Waals surface area contributed by atoms with E-state index in [-0.39, 0.29) is 5.56 Å². The van der Waals surface area contributed by atoms with Gasteiger partial charge in [0.15, 0.2) is 11.3 Å². The van der Waals surface area contributed by atoms with Gasteiger partial charge in [0.25, 0.3) is 0 Å². The Hall–Kier alpha value is -1.43. The Bertz CT molecular complexity index is 468. The Labute approximate surface area is 102 Å². The summed E-state index contributed by atoms with van der Waals surface area (Å²) < 4.78 is 51.6. The first-order valence-electron chi connectivity index (χ1n) is 5.15. The number of Topliss-reactive ketones (excluding diaryl/α,β-unsaturated/α-hetero) is 1. The van der Waals surface area contributed by atoms with Crippen LogP contribution in [-0.2, 0) is 0 Å². The average Bonchev–Trinajstić information content (AvgIpc) is 2.13. The summed E-state index contributed by atoms with van der Waals surface area (Å²) in [6, 6.07) is 2.44. The van der Waals surface area contributed by atoms with E-state index in [9.17, 15) is 22.4 Å². The fourth-order valence-electron chi connectivity index (χ4n) is 1.59. The SMILES string of the molecule is Cc1cc(C)c(C(=O)C(C)(N)C(F)(F)F)c(F)c1. The van der Waals surface area contributed by atoms with Crippen LogP contribution in [0.5, 0.6) is 0 Å². The highest BCUT2D eigenvalue weighted by atomic mass is 19.4. The number of carbonyl (C=O) groups excluding carboxylic acids is 1. The summed E-state index contributed by atoms with van der Waals surface area (Å²) >= 11 is 0. The standard InChI is InChI=1S/C12H13F4NO/c1-6-4-7(2)9(8(13)5-6)10(18)11(3,17)12(14,15)16/h4-5H,17H2,1-3H3. The van der Waals surface area contributed by atoms with Crippen LogP contribution >= 0.6 is 0 Å². The summed E-state index contributed by atoms with van der Waals surface area (Å²) in [5.41, 5.74) is 1.95. The van der Waals surface area contributed by atoms with E-state index in [1.807, 2.05) is 0 Å². The molecule has 1 aromatic rings. The van der Waals surface area contributed by atoms with Crippen LogP contribution in [0.4, 0.5) is 17.6 Å². The number of ketones is 1. The van der Waals surface area contributed by atoms with Gasteiger partial charge in [-0.15, -0.1) is 0 Å². The molecule has 0 aliphatic carbocycles. The van der Waals surface area contributed by atoms with E-state index >= 15 is 0 Å². The van der Waals surface area contributed by atoms with Crippen molar-refractivity contribution in [1.82, 2.24) is 0 Å². The molecule has 6 heteroatoms. The summed E-state index contributed by atoms with van der Waals surface area (Å²) in [4.78, 5) is 11.8. The van der Waals surface area contributed by atoms with Crippen molar-refractivity contribution in [3.8, 4) is 0 Å². The Morgan fingerprint density at radius 1 is 1.22 bits per heavy atom. The highest BCUT2D eigenvalue weighted by Crippen LogP contribution is 2.32. The highest BCUT2D eigenvalue weighted by Gasteiger charge is 2.54. The molecule has 0 aromatic heterocycles. The monoisotopic (exact) mass is 263 g/mol. The minimum absolute atomic E-state index is 0.137. The topological polar surface area (TPSA) is 43.1 Å². The normalized spacial score (nSPS) is 15.3. The van der Waals surface area contributed by atoms with E-state index in [1.165, 1.54) is 13.0 Å². The molecule has 2 N–H and O–H groups in total. The van der Waals surface area contributed by atoms with Crippen molar-refractivity contribution in [3.05, 3.63) is 34.6 Å². The quantitative estimate of drug-likeness (QED) is 0.658. The predicted octanol–water partition coefficient (Wildman–Crippen LogP) is 2.90. The van der Waals surface area contributed by atoms with Gasteiger partial charge >= 0.3 is 6.18 Å². The molecule has 0 radical (unpaired) electrons. The molecule has 0 bridgehead atoms. The van der Waals surface area contributed by atoms with Gasteiger partial charge in [-0.25, -0.2) is 4.39 Å². The first-order valence-corrected chi connectivity index (χ1v) is 5.15. The molecule has 1 aromatic carbocycles. The first-order chi connectivity index (χ1) is 7.98. The van der Waals surface area contributed by atoms with Crippen molar-refractivity contribution >= 4 is 5.78 Å². The van der Waals surface area contributed by atoms with Crippen molar-refractivity contribution in [3.63, 3.8) is 0 Å². The number of hydrogen-bond acceptors (Lipinski definition) is 2. The third-order valence-corrected chi connectivity index (χ3v) is 2.72. The van der Waals surface area contributed by atoms with Gasteiger partial charge in [0.05, 0.1) is 5.56 Å². The molecule has 0 saturated carbocycles. The first kappa shape index (κ1) is 14.6. The van der Waals surface area contributed by atoms with Gasteiger partial charge in [0, 0.05) is 0 Å². The minimum Gasteiger partial charge on any atom is -0.311 e. The molecule has 0 amide bonds. The summed E-state index contributed by atoms with van der Waals surface area (Å²) in [7, 11) is 0. The maximum absolute atomic E-state index is 13.6. The lowest BCUT2D eigenvalue weighted by atomic mass is 9.88. The fraction of sp³-hybridized carbons (Fsp3) is 0.417. The average molecular weight is 263 g/mol. The molecule has 0 spiro atoms. The van der Waals surface area contributed by atoms with Crippen molar-refractivity contribution in [2.45, 2.75) is 32.5 Å². The van der Waals surface area contributed by atoms with Gasteiger partial charge in [-0.1, -0.05) is 6.07 Å². The Morgan fingerprint density at radius 3 is 2.11 bits per heavy atom. The van der Waals surface area contributed by atoms with Crippen LogP contribution in [0.2, 0.25) is 0 Å². The van der Waals surface area contributed by atoms with E-state index < -0.39 is 28.9 Å². The number of carbonyl (C=O) groups is 1. The van der Waals surface area contributed by atoms with Crippen LogP contribution in [0.15, 0.2) is 12.1 Å². The zero-order valence-electron chi connectivity index (χ0n) is 10.2. The van der Waals surface area contributed by atoms with E-state index in [4.69, 9.17) is 5.73 Å². The predicted molar refractivity (Wildman–Crippen MR) is 58.9 cm³/mol. The molecule has 2 nitrogen and oxygen atoms in total. The number of rotatable bonds is 2. The fourth-order valence-corrected chi connectivity index (χ4v) is 1.59. The molecule has 0 aliphatic rings. The van der Waals surface area contributed by atoms with Crippen LogP contribution in [0.1, 0.15) is 28.4 Å². The van der Waals surface area contributed by atoms with Crippen LogP contribution in [0.3, 0.4) is 0 Å². The van der Waals surface area contributed by atoms with Crippen LogP contribution in [0, 0.1) is 19.7 Å². The van der Waals surface area contributed by atoms with Gasteiger partial charge in [-0.3, -0.25) is 4.79 Å². The molecule has 1 unspecified atom stereocenters. The summed E-state index contributed by atoms with van der Waals surface area (Å²) in [5.74, 6) is -2.46. The third-order valence-electron chi connectivity index (χ3n) is 2.72. The summed E-state index contributed by atoms with van der Waals surface area (Å²) in [5, 5.41) is 0. The zero-order chi connectivity index (χ0) is 14.3. The molecule has 1 atom stereocenters. The molecule has 0 aliphatic heterocycles. The van der Waals surface area contributed by atoms with Crippen LogP contribution in [0.25, 0.3) is 0 Å². The minimum atomic E-state index is -4.94. The third kappa shape index (κ3) is 2.38. The molecule has 1 rings (SSSR count). The van der Waals surface area contributed by atoms with Gasteiger partial charge < -0.3 is 5.73 Å². The number of benzene rings is 1. The molecule has 0 fully saturated rings. The van der Waals surface area contributed by atoms with Crippen molar-refractivity contribution in [1.29, 1.82) is 0 Å². The number of alkyl halides is 3. The van der Waals surface area contributed by atoms with E-state index in [0.717, 1.165) is 6.07 Å². The molecule has 0 heterocycles. The van der Waals surface area contributed by atoms with Crippen LogP contribution in [-0.4, -0.2) is 17.5 Å². The molecule has 0 saturated heterocycles. The van der Waals surface area contributed by atoms with Gasteiger partial charge in [0.2, 0.25) is 0 Å². The Morgan fingerprint density at radius 2 is 1.72 bits per heavy atom. The largest absolute Gasteiger partial charge is 0.413 e. The number of halogens is 4. The number of aryl methyl sites for hydroxylation is 2. The summed E-state index contributed by atoms with van der Waals surface area (Å²) in [6.07, 6.45) is -4.94. The zero-order valence-corrected chi connectivity index (χ0v) is 10.2. The van der Waals surface area contributed by atoms with Crippen molar-refractivity contribution in [2.75, 3.05) is 0 Å². The number of hydrogen-bond donors (Lipinski definition) is 1. The maximum Gasteiger partial charge on any atom is 0.413 e. The summed E-state index contributed by atoms with van der Waals surface area (Å²) in [6.45, 7) is 3.49.